The number of hydrogen-bond donors (Lipinski definition) is 3. The molecule has 104 valence electrons. The molecule has 19 heavy (non-hydrogen) atoms. The summed E-state index contributed by atoms with van der Waals surface area (Å²) in [6.45, 7) is 1.92. The third-order valence-electron chi connectivity index (χ3n) is 2.35. The third-order valence-corrected chi connectivity index (χ3v) is 3.65. The molecule has 2 atom stereocenters. The van der Waals surface area contributed by atoms with Crippen LogP contribution >= 0.6 is 11.8 Å². The molecule has 0 radical (unpaired) electrons. The van der Waals surface area contributed by atoms with Crippen LogP contribution in [0, 0.1) is 0 Å². The first-order valence-electron chi connectivity index (χ1n) is 5.94. The highest BCUT2D eigenvalue weighted by Crippen LogP contribution is 2.15. The van der Waals surface area contributed by atoms with Crippen molar-refractivity contribution in [3.05, 3.63) is 35.9 Å². The first-order chi connectivity index (χ1) is 9.06. The van der Waals surface area contributed by atoms with Crippen LogP contribution in [0.4, 0.5) is 0 Å². The van der Waals surface area contributed by atoms with Gasteiger partial charge in [-0.2, -0.15) is 0 Å². The van der Waals surface area contributed by atoms with E-state index in [0.717, 1.165) is 18.2 Å². The number of carboxylic acid groups (broad SMARTS) is 1. The van der Waals surface area contributed by atoms with Crippen LogP contribution in [0.5, 0.6) is 0 Å². The molecule has 0 aromatic heterocycles. The van der Waals surface area contributed by atoms with Gasteiger partial charge in [0.1, 0.15) is 0 Å². The quantitative estimate of drug-likeness (QED) is 0.658. The molecule has 0 spiro atoms. The predicted octanol–water partition coefficient (Wildman–Crippen LogP) is 1.39. The highest BCUT2D eigenvalue weighted by Gasteiger charge is 2.24. The summed E-state index contributed by atoms with van der Waals surface area (Å²) in [5.74, 6) is -1.20. The molecule has 0 heterocycles. The van der Waals surface area contributed by atoms with Crippen LogP contribution in [0.3, 0.4) is 0 Å². The monoisotopic (exact) mass is 283 g/mol. The summed E-state index contributed by atoms with van der Waals surface area (Å²) < 4.78 is 0. The molecule has 0 aliphatic heterocycles. The minimum atomic E-state index is -1.36. The van der Waals surface area contributed by atoms with Gasteiger partial charge in [-0.05, 0) is 17.7 Å². The summed E-state index contributed by atoms with van der Waals surface area (Å²) in [7, 11) is 0. The average molecular weight is 283 g/mol. The summed E-state index contributed by atoms with van der Waals surface area (Å²) in [6, 6.07) is 8.39. The Morgan fingerprint density at radius 1 is 1.32 bits per heavy atom. The van der Waals surface area contributed by atoms with Gasteiger partial charge in [-0.25, -0.2) is 4.79 Å². The van der Waals surface area contributed by atoms with Crippen molar-refractivity contribution in [1.29, 1.82) is 0 Å². The summed E-state index contributed by atoms with van der Waals surface area (Å²) >= 11 is 1.13. The minimum absolute atomic E-state index is 0.435. The van der Waals surface area contributed by atoms with Crippen LogP contribution in [-0.4, -0.2) is 33.2 Å². The van der Waals surface area contributed by atoms with Gasteiger partial charge in [0.05, 0.1) is 0 Å². The lowest BCUT2D eigenvalue weighted by molar-refractivity contribution is -0.140. The minimum Gasteiger partial charge on any atom is -0.479 e. The van der Waals surface area contributed by atoms with Crippen LogP contribution in [0.15, 0.2) is 30.3 Å². The number of nitrogens with one attached hydrogen (secondary N) is 1. The van der Waals surface area contributed by atoms with Gasteiger partial charge in [-0.1, -0.05) is 37.3 Å². The van der Waals surface area contributed by atoms with Crippen LogP contribution in [0.25, 0.3) is 0 Å². The van der Waals surface area contributed by atoms with Crippen molar-refractivity contribution in [3.63, 3.8) is 0 Å². The Morgan fingerprint density at radius 2 is 1.95 bits per heavy atom. The van der Waals surface area contributed by atoms with E-state index >= 15 is 0 Å². The van der Waals surface area contributed by atoms with Gasteiger partial charge in [0.15, 0.2) is 11.5 Å². The molecule has 2 unspecified atom stereocenters. The van der Waals surface area contributed by atoms with E-state index in [2.05, 4.69) is 5.32 Å². The van der Waals surface area contributed by atoms with E-state index in [1.807, 2.05) is 6.92 Å². The standard InChI is InChI=1S/C13H17NO4S/c1-2-8-19-12(13(17)18)14-11(16)10(15)9-6-4-3-5-7-9/h3-7,10,12,15H,2,8H2,1H3,(H,14,16)(H,17,18). The number of amides is 1. The zero-order chi connectivity index (χ0) is 14.3. The number of aliphatic hydroxyl groups is 1. The van der Waals surface area contributed by atoms with Gasteiger partial charge in [0, 0.05) is 0 Å². The summed E-state index contributed by atoms with van der Waals surface area (Å²) in [6.07, 6.45) is -0.545. The fourth-order valence-electron chi connectivity index (χ4n) is 1.41. The van der Waals surface area contributed by atoms with E-state index in [1.165, 1.54) is 0 Å². The normalized spacial score (nSPS) is 13.6. The molecular weight excluding hydrogens is 266 g/mol. The van der Waals surface area contributed by atoms with Crippen molar-refractivity contribution in [2.45, 2.75) is 24.8 Å². The number of benzene rings is 1. The molecule has 5 nitrogen and oxygen atoms in total. The fraction of sp³-hybridized carbons (Fsp3) is 0.385. The van der Waals surface area contributed by atoms with Crippen LogP contribution < -0.4 is 5.32 Å². The zero-order valence-corrected chi connectivity index (χ0v) is 11.4. The van der Waals surface area contributed by atoms with Crippen molar-refractivity contribution in [3.8, 4) is 0 Å². The highest BCUT2D eigenvalue weighted by atomic mass is 32.2. The first-order valence-corrected chi connectivity index (χ1v) is 6.99. The number of aliphatic carboxylic acids is 1. The average Bonchev–Trinajstić information content (AvgIpc) is 2.43. The van der Waals surface area contributed by atoms with E-state index in [-0.39, 0.29) is 0 Å². The van der Waals surface area contributed by atoms with E-state index in [1.54, 1.807) is 30.3 Å². The fourth-order valence-corrected chi connectivity index (χ4v) is 2.22. The molecule has 1 amide bonds. The maximum Gasteiger partial charge on any atom is 0.336 e. The maximum atomic E-state index is 11.8. The Morgan fingerprint density at radius 3 is 2.47 bits per heavy atom. The van der Waals surface area contributed by atoms with Crippen LogP contribution in [0.1, 0.15) is 25.0 Å². The lowest BCUT2D eigenvalue weighted by atomic mass is 10.1. The Hall–Kier alpha value is -1.53. The van der Waals surface area contributed by atoms with Crippen molar-refractivity contribution >= 4 is 23.6 Å². The van der Waals surface area contributed by atoms with Crippen molar-refractivity contribution in [1.82, 2.24) is 5.32 Å². The molecule has 3 N–H and O–H groups in total. The molecule has 0 fully saturated rings. The number of thioether (sulfide) groups is 1. The van der Waals surface area contributed by atoms with E-state index < -0.39 is 23.4 Å². The molecule has 1 aromatic carbocycles. The molecule has 0 aliphatic rings. The summed E-state index contributed by atoms with van der Waals surface area (Å²) in [5, 5.41) is 20.1. The van der Waals surface area contributed by atoms with Gasteiger partial charge in [0.25, 0.3) is 5.91 Å². The Kier molecular flexibility index (Phi) is 6.38. The van der Waals surface area contributed by atoms with Gasteiger partial charge in [0.2, 0.25) is 0 Å². The van der Waals surface area contributed by atoms with E-state index in [4.69, 9.17) is 5.11 Å². The lowest BCUT2D eigenvalue weighted by Gasteiger charge is -2.16. The second kappa shape index (κ2) is 7.81. The van der Waals surface area contributed by atoms with Crippen molar-refractivity contribution < 1.29 is 19.8 Å². The van der Waals surface area contributed by atoms with Crippen LogP contribution in [0.2, 0.25) is 0 Å². The second-order valence-electron chi connectivity index (χ2n) is 3.91. The smallest absolute Gasteiger partial charge is 0.336 e. The van der Waals surface area contributed by atoms with Gasteiger partial charge in [-0.3, -0.25) is 4.79 Å². The largest absolute Gasteiger partial charge is 0.479 e. The number of aliphatic hydroxyl groups excluding tert-OH is 1. The molecule has 6 heteroatoms. The molecular formula is C13H17NO4S. The van der Waals surface area contributed by atoms with Crippen LogP contribution in [-0.2, 0) is 9.59 Å². The number of carbonyl (C=O) groups excluding carboxylic acids is 1. The second-order valence-corrected chi connectivity index (χ2v) is 5.12. The Labute approximate surface area is 116 Å². The Balaban J connectivity index is 2.64. The Bertz CT molecular complexity index is 424. The number of rotatable bonds is 7. The summed E-state index contributed by atoms with van der Waals surface area (Å²) in [4.78, 5) is 22.8. The topological polar surface area (TPSA) is 86.6 Å². The SMILES string of the molecule is CCCSC(NC(=O)C(O)c1ccccc1)C(=O)O. The molecule has 1 aromatic rings. The number of hydrogen-bond acceptors (Lipinski definition) is 4. The summed E-state index contributed by atoms with van der Waals surface area (Å²) in [5.41, 5.74) is 0.435. The van der Waals surface area contributed by atoms with Gasteiger partial charge < -0.3 is 15.5 Å². The lowest BCUT2D eigenvalue weighted by Crippen LogP contribution is -2.41. The molecule has 0 aliphatic carbocycles. The first kappa shape index (κ1) is 15.5. The van der Waals surface area contributed by atoms with Crippen molar-refractivity contribution in [2.75, 3.05) is 5.75 Å². The maximum absolute atomic E-state index is 11.8. The molecule has 0 saturated carbocycles. The predicted molar refractivity (Wildman–Crippen MR) is 73.7 cm³/mol. The molecule has 1 rings (SSSR count). The number of carboxylic acids is 1. The van der Waals surface area contributed by atoms with Gasteiger partial charge in [-0.15, -0.1) is 11.8 Å². The third kappa shape index (κ3) is 4.92. The van der Waals surface area contributed by atoms with E-state index in [0.29, 0.717) is 11.3 Å². The number of carbonyl (C=O) groups is 2. The highest BCUT2D eigenvalue weighted by molar-refractivity contribution is 8.00. The molecule has 0 bridgehead atoms. The van der Waals surface area contributed by atoms with Gasteiger partial charge >= 0.3 is 5.97 Å². The van der Waals surface area contributed by atoms with E-state index in [9.17, 15) is 14.7 Å². The molecule has 0 saturated heterocycles. The zero-order valence-electron chi connectivity index (χ0n) is 10.6. The van der Waals surface area contributed by atoms with Crippen molar-refractivity contribution in [2.24, 2.45) is 0 Å².